The van der Waals surface area contributed by atoms with Gasteiger partial charge in [-0.3, -0.25) is 0 Å². The monoisotopic (exact) mass is 433 g/mol. The van der Waals surface area contributed by atoms with Gasteiger partial charge in [-0.15, -0.1) is 0 Å². The van der Waals surface area contributed by atoms with Crippen LogP contribution in [0.4, 0.5) is 11.8 Å². The lowest BCUT2D eigenvalue weighted by atomic mass is 9.91. The minimum absolute atomic E-state index is 0.411. The fraction of sp³-hybridized carbons (Fsp3) is 0.462. The summed E-state index contributed by atoms with van der Waals surface area (Å²) in [6.45, 7) is 5.21. The second-order valence-electron chi connectivity index (χ2n) is 9.03. The van der Waals surface area contributed by atoms with Crippen molar-refractivity contribution in [3.63, 3.8) is 0 Å². The molecule has 0 amide bonds. The number of hydrogen-bond donors (Lipinski definition) is 2. The maximum absolute atomic E-state index is 5.44. The number of fused-ring (bicyclic) bond motifs is 1. The largest absolute Gasteiger partial charge is 0.496 e. The summed E-state index contributed by atoms with van der Waals surface area (Å²) in [6.07, 6.45) is 4.54. The van der Waals surface area contributed by atoms with Gasteiger partial charge < -0.3 is 20.3 Å². The maximum Gasteiger partial charge on any atom is 0.225 e. The zero-order chi connectivity index (χ0) is 22.7. The van der Waals surface area contributed by atoms with E-state index in [1.807, 2.05) is 26.2 Å². The predicted octanol–water partition coefficient (Wildman–Crippen LogP) is 4.83. The Bertz CT molecular complexity index is 1070. The van der Waals surface area contributed by atoms with Crippen molar-refractivity contribution < 1.29 is 4.74 Å². The summed E-state index contributed by atoms with van der Waals surface area (Å²) in [5.41, 5.74) is 4.88. The third-order valence-electron chi connectivity index (χ3n) is 6.72. The van der Waals surface area contributed by atoms with Crippen LogP contribution in [0.1, 0.15) is 42.4 Å². The number of benzene rings is 2. The van der Waals surface area contributed by atoms with Crippen molar-refractivity contribution in [3.8, 4) is 5.75 Å². The molecule has 170 valence electrons. The molecule has 1 aromatic heterocycles. The molecule has 0 aliphatic heterocycles. The van der Waals surface area contributed by atoms with Gasteiger partial charge in [0.15, 0.2) is 0 Å². The van der Waals surface area contributed by atoms with Gasteiger partial charge in [0, 0.05) is 38.1 Å². The van der Waals surface area contributed by atoms with Gasteiger partial charge in [-0.1, -0.05) is 18.2 Å². The smallest absolute Gasteiger partial charge is 0.225 e. The molecule has 2 aromatic carbocycles. The molecule has 0 spiro atoms. The molecule has 4 rings (SSSR count). The molecule has 1 aliphatic rings. The van der Waals surface area contributed by atoms with Crippen LogP contribution in [0.15, 0.2) is 36.4 Å². The lowest BCUT2D eigenvalue weighted by Gasteiger charge is -2.30. The Balaban J connectivity index is 1.34. The molecule has 1 aliphatic carbocycles. The minimum Gasteiger partial charge on any atom is -0.496 e. The van der Waals surface area contributed by atoms with Crippen molar-refractivity contribution >= 4 is 22.7 Å². The number of methoxy groups -OCH3 is 1. The predicted molar refractivity (Wildman–Crippen MR) is 133 cm³/mol. The number of rotatable bonds is 7. The van der Waals surface area contributed by atoms with Gasteiger partial charge in [0.1, 0.15) is 11.6 Å². The number of nitrogens with one attached hydrogen (secondary N) is 2. The van der Waals surface area contributed by atoms with Crippen LogP contribution < -0.4 is 20.3 Å². The summed E-state index contributed by atoms with van der Waals surface area (Å²) in [5.74, 6) is 2.65. The molecule has 6 heteroatoms. The van der Waals surface area contributed by atoms with Crippen LogP contribution in [0.3, 0.4) is 0 Å². The van der Waals surface area contributed by atoms with Crippen LogP contribution in [-0.4, -0.2) is 43.3 Å². The molecule has 0 radical (unpaired) electrons. The number of para-hydroxylation sites is 1. The molecule has 32 heavy (non-hydrogen) atoms. The highest BCUT2D eigenvalue weighted by molar-refractivity contribution is 5.90. The van der Waals surface area contributed by atoms with E-state index in [0.29, 0.717) is 12.1 Å². The van der Waals surface area contributed by atoms with Crippen LogP contribution in [0.25, 0.3) is 10.9 Å². The third-order valence-corrected chi connectivity index (χ3v) is 6.72. The molecule has 6 nitrogen and oxygen atoms in total. The first kappa shape index (κ1) is 22.3. The highest BCUT2D eigenvalue weighted by Crippen LogP contribution is 2.27. The van der Waals surface area contributed by atoms with Crippen molar-refractivity contribution in [1.29, 1.82) is 0 Å². The van der Waals surface area contributed by atoms with Crippen LogP contribution >= 0.6 is 0 Å². The Kier molecular flexibility index (Phi) is 6.80. The lowest BCUT2D eigenvalue weighted by molar-refractivity contribution is 0.352. The van der Waals surface area contributed by atoms with Gasteiger partial charge >= 0.3 is 0 Å². The number of ether oxygens (including phenoxy) is 1. The van der Waals surface area contributed by atoms with E-state index in [4.69, 9.17) is 14.7 Å². The molecular formula is C26H35N5O. The second-order valence-corrected chi connectivity index (χ2v) is 9.03. The van der Waals surface area contributed by atoms with Crippen LogP contribution in [-0.2, 0) is 6.54 Å². The van der Waals surface area contributed by atoms with Crippen molar-refractivity contribution in [3.05, 3.63) is 53.1 Å². The van der Waals surface area contributed by atoms with Crippen molar-refractivity contribution in [2.24, 2.45) is 0 Å². The summed E-state index contributed by atoms with van der Waals surface area (Å²) in [5, 5.41) is 8.45. The number of anilines is 2. The van der Waals surface area contributed by atoms with Crippen LogP contribution in [0, 0.1) is 13.8 Å². The molecule has 2 N–H and O–H groups in total. The Morgan fingerprint density at radius 1 is 0.938 bits per heavy atom. The van der Waals surface area contributed by atoms with Gasteiger partial charge in [-0.25, -0.2) is 4.98 Å². The summed E-state index contributed by atoms with van der Waals surface area (Å²) in [7, 11) is 5.79. The zero-order valence-electron chi connectivity index (χ0n) is 19.9. The van der Waals surface area contributed by atoms with E-state index in [-0.39, 0.29) is 0 Å². The molecule has 3 aromatic rings. The molecule has 1 saturated carbocycles. The van der Waals surface area contributed by atoms with Gasteiger partial charge in [0.2, 0.25) is 5.95 Å². The summed E-state index contributed by atoms with van der Waals surface area (Å²) in [6, 6.07) is 13.4. The Morgan fingerprint density at radius 2 is 1.66 bits per heavy atom. The summed E-state index contributed by atoms with van der Waals surface area (Å²) in [4.78, 5) is 11.6. The Morgan fingerprint density at radius 3 is 2.38 bits per heavy atom. The number of aromatic nitrogens is 2. The first-order chi connectivity index (χ1) is 15.5. The Hall–Kier alpha value is -2.86. The standard InChI is InChI=1S/C26H35N5O/c1-17-18(2)24(32-5)15-10-19(17)16-27-20-11-13-21(14-12-20)28-26-29-23-9-7-6-8-22(23)25(30-26)31(3)4/h6-10,15,20-21,27H,11-14,16H2,1-5H3,(H,28,29,30)/t20-,21+. The minimum atomic E-state index is 0.411. The van der Waals surface area contributed by atoms with Crippen molar-refractivity contribution in [2.75, 3.05) is 31.4 Å². The molecule has 0 atom stereocenters. The molecule has 0 bridgehead atoms. The highest BCUT2D eigenvalue weighted by atomic mass is 16.5. The highest BCUT2D eigenvalue weighted by Gasteiger charge is 2.22. The van der Waals surface area contributed by atoms with Gasteiger partial charge in [-0.05, 0) is 74.4 Å². The second kappa shape index (κ2) is 9.74. The molecule has 1 fully saturated rings. The summed E-state index contributed by atoms with van der Waals surface area (Å²) < 4.78 is 5.44. The molecule has 1 heterocycles. The zero-order valence-corrected chi connectivity index (χ0v) is 19.9. The Labute approximate surface area is 191 Å². The average molecular weight is 434 g/mol. The average Bonchev–Trinajstić information content (AvgIpc) is 2.80. The van der Waals surface area contributed by atoms with Gasteiger partial charge in [0.05, 0.1) is 12.6 Å². The van der Waals surface area contributed by atoms with E-state index in [1.165, 1.54) is 16.7 Å². The van der Waals surface area contributed by atoms with Crippen molar-refractivity contribution in [1.82, 2.24) is 15.3 Å². The maximum atomic E-state index is 5.44. The SMILES string of the molecule is COc1ccc(CN[C@H]2CC[C@@H](Nc3nc(N(C)C)c4ccccc4n3)CC2)c(C)c1C. The van der Waals surface area contributed by atoms with E-state index in [0.717, 1.165) is 60.6 Å². The normalized spacial score (nSPS) is 18.5. The fourth-order valence-electron chi connectivity index (χ4n) is 4.61. The van der Waals surface area contributed by atoms with Gasteiger partial charge in [0.25, 0.3) is 0 Å². The first-order valence-electron chi connectivity index (χ1n) is 11.5. The topological polar surface area (TPSA) is 62.3 Å². The molecule has 0 saturated heterocycles. The van der Waals surface area contributed by atoms with Crippen molar-refractivity contribution in [2.45, 2.75) is 58.2 Å². The van der Waals surface area contributed by atoms with E-state index in [2.05, 4.69) is 53.6 Å². The molecular weight excluding hydrogens is 398 g/mol. The van der Waals surface area contributed by atoms with E-state index in [1.54, 1.807) is 7.11 Å². The third kappa shape index (κ3) is 4.80. The summed E-state index contributed by atoms with van der Waals surface area (Å²) >= 11 is 0. The number of nitrogens with zero attached hydrogens (tertiary/aromatic N) is 3. The van der Waals surface area contributed by atoms with E-state index < -0.39 is 0 Å². The van der Waals surface area contributed by atoms with Crippen LogP contribution in [0.5, 0.6) is 5.75 Å². The fourth-order valence-corrected chi connectivity index (χ4v) is 4.61. The van der Waals surface area contributed by atoms with Crippen LogP contribution in [0.2, 0.25) is 0 Å². The van der Waals surface area contributed by atoms with E-state index in [9.17, 15) is 0 Å². The van der Waals surface area contributed by atoms with Gasteiger partial charge in [-0.2, -0.15) is 4.98 Å². The lowest BCUT2D eigenvalue weighted by Crippen LogP contribution is -2.37. The quantitative estimate of drug-likeness (QED) is 0.556. The number of hydrogen-bond acceptors (Lipinski definition) is 6. The van der Waals surface area contributed by atoms with E-state index >= 15 is 0 Å². The molecule has 0 unspecified atom stereocenters. The first-order valence-corrected chi connectivity index (χ1v) is 11.5.